The first-order valence-corrected chi connectivity index (χ1v) is 13.1. The van der Waals surface area contributed by atoms with Crippen molar-refractivity contribution in [1.29, 1.82) is 0 Å². The molecule has 0 saturated heterocycles. The summed E-state index contributed by atoms with van der Waals surface area (Å²) in [6, 6.07) is 0. The van der Waals surface area contributed by atoms with Crippen LogP contribution in [0.2, 0.25) is 0 Å². The molecule has 2 heterocycles. The van der Waals surface area contributed by atoms with Gasteiger partial charge in [-0.25, -0.2) is 4.79 Å². The van der Waals surface area contributed by atoms with Gasteiger partial charge in [0, 0.05) is 12.5 Å². The molecule has 2 N–H and O–H groups in total. The lowest BCUT2D eigenvalue weighted by atomic mass is 9.88. The lowest BCUT2D eigenvalue weighted by Crippen LogP contribution is -2.29. The third-order valence-corrected chi connectivity index (χ3v) is 6.90. The van der Waals surface area contributed by atoms with Crippen LogP contribution in [-0.2, 0) is 14.3 Å². The van der Waals surface area contributed by atoms with Gasteiger partial charge in [0.05, 0.1) is 18.3 Å². The van der Waals surface area contributed by atoms with Crippen molar-refractivity contribution in [3.63, 3.8) is 0 Å². The molecule has 34 heavy (non-hydrogen) atoms. The first-order chi connectivity index (χ1) is 16.5. The normalized spacial score (nSPS) is 33.6. The summed E-state index contributed by atoms with van der Waals surface area (Å²) in [4.78, 5) is 12.5. The number of aliphatic hydroxyl groups excluding tert-OH is 2. The minimum absolute atomic E-state index is 0.0468. The van der Waals surface area contributed by atoms with Crippen molar-refractivity contribution >= 4 is 5.97 Å². The van der Waals surface area contributed by atoms with Crippen LogP contribution in [-0.4, -0.2) is 46.7 Å². The molecule has 2 aliphatic heterocycles. The zero-order valence-corrected chi connectivity index (χ0v) is 20.4. The molecule has 0 unspecified atom stereocenters. The quantitative estimate of drug-likeness (QED) is 0.421. The van der Waals surface area contributed by atoms with Crippen molar-refractivity contribution in [1.82, 2.24) is 0 Å². The van der Waals surface area contributed by atoms with Crippen LogP contribution in [0.15, 0.2) is 60.8 Å². The van der Waals surface area contributed by atoms with Gasteiger partial charge in [0.15, 0.2) is 0 Å². The number of esters is 1. The number of rotatable bonds is 3. The van der Waals surface area contributed by atoms with Crippen LogP contribution in [0.25, 0.3) is 0 Å². The van der Waals surface area contributed by atoms with Crippen molar-refractivity contribution in [2.45, 2.75) is 108 Å². The van der Waals surface area contributed by atoms with Crippen molar-refractivity contribution in [3.8, 4) is 0 Å². The molecule has 5 nitrogen and oxygen atoms in total. The number of ether oxygens (including phenoxy) is 2. The number of allylic oxidation sites excluding steroid dienone is 1. The second-order valence-corrected chi connectivity index (χ2v) is 9.92. The number of fused-ring (bicyclic) bond motifs is 2. The highest BCUT2D eigenvalue weighted by Gasteiger charge is 2.21. The number of aliphatic hydroxyl groups is 2. The lowest BCUT2D eigenvalue weighted by Gasteiger charge is -2.25. The summed E-state index contributed by atoms with van der Waals surface area (Å²) in [7, 11) is 0. The molecule has 3 aliphatic rings. The zero-order valence-electron chi connectivity index (χ0n) is 20.4. The van der Waals surface area contributed by atoms with E-state index >= 15 is 0 Å². The summed E-state index contributed by atoms with van der Waals surface area (Å²) >= 11 is 0. The van der Waals surface area contributed by atoms with Crippen LogP contribution in [0.4, 0.5) is 0 Å². The van der Waals surface area contributed by atoms with Crippen LogP contribution < -0.4 is 0 Å². The van der Waals surface area contributed by atoms with E-state index in [1.807, 2.05) is 6.08 Å². The molecule has 5 heteroatoms. The SMILES string of the molecule is C=C1CCC[C@@H]2CC=C[C@@H](C/C=C\C(=O)O[C@H]([C@@H](O)/C=C/C3CCCCC3)C/C=C/[C@@H](O)C1)O2. The minimum Gasteiger partial charge on any atom is -0.456 e. The monoisotopic (exact) mass is 470 g/mol. The highest BCUT2D eigenvalue weighted by molar-refractivity contribution is 5.82. The highest BCUT2D eigenvalue weighted by Crippen LogP contribution is 2.25. The number of hydrogen-bond acceptors (Lipinski definition) is 5. The Morgan fingerprint density at radius 3 is 2.62 bits per heavy atom. The average Bonchev–Trinajstić information content (AvgIpc) is 2.82. The van der Waals surface area contributed by atoms with Crippen molar-refractivity contribution in [2.24, 2.45) is 5.92 Å². The van der Waals surface area contributed by atoms with Crippen LogP contribution in [0.3, 0.4) is 0 Å². The molecule has 0 radical (unpaired) electrons. The van der Waals surface area contributed by atoms with Gasteiger partial charge in [-0.3, -0.25) is 0 Å². The number of carbonyl (C=O) groups is 1. The standard InChI is InChI=1S/C29H42O5/c1-22-9-5-13-25-14-7-15-26(33-25)16-8-18-29(32)34-28(17-6-12-24(30)21-22)27(31)20-19-23-10-3-2-4-11-23/h6-8,12,15,18-20,23-28,30-31H,1-5,9-11,13-14,16-17,21H2/b12-6+,18-8-,20-19+/t24-,25-,26+,27+,28+/m1/s1. The Morgan fingerprint density at radius 1 is 1.00 bits per heavy atom. The molecule has 1 fully saturated rings. The summed E-state index contributed by atoms with van der Waals surface area (Å²) in [6.45, 7) is 4.12. The fourth-order valence-corrected chi connectivity index (χ4v) is 4.93. The fourth-order valence-electron chi connectivity index (χ4n) is 4.93. The number of hydrogen-bond donors (Lipinski definition) is 2. The van der Waals surface area contributed by atoms with E-state index in [-0.39, 0.29) is 12.2 Å². The van der Waals surface area contributed by atoms with Gasteiger partial charge in [-0.1, -0.05) is 73.9 Å². The van der Waals surface area contributed by atoms with Crippen LogP contribution in [0, 0.1) is 5.92 Å². The van der Waals surface area contributed by atoms with Gasteiger partial charge < -0.3 is 19.7 Å². The Bertz CT molecular complexity index is 758. The number of carbonyl (C=O) groups excluding carboxylic acids is 1. The molecule has 0 aromatic heterocycles. The van der Waals surface area contributed by atoms with E-state index in [0.29, 0.717) is 25.2 Å². The summed E-state index contributed by atoms with van der Waals surface area (Å²) in [5.74, 6) is 0.00357. The maximum Gasteiger partial charge on any atom is 0.330 e. The third kappa shape index (κ3) is 9.73. The smallest absolute Gasteiger partial charge is 0.330 e. The molecule has 0 aromatic rings. The van der Waals surface area contributed by atoms with Gasteiger partial charge >= 0.3 is 5.97 Å². The molecule has 0 amide bonds. The lowest BCUT2D eigenvalue weighted by molar-refractivity contribution is -0.147. The van der Waals surface area contributed by atoms with E-state index in [4.69, 9.17) is 9.47 Å². The number of cyclic esters (lactones) is 1. The summed E-state index contributed by atoms with van der Waals surface area (Å²) in [6.07, 6.45) is 23.8. The molecule has 1 saturated carbocycles. The molecule has 5 atom stereocenters. The second kappa shape index (κ2) is 14.4. The van der Waals surface area contributed by atoms with E-state index in [1.165, 1.54) is 25.3 Å². The maximum atomic E-state index is 12.5. The third-order valence-electron chi connectivity index (χ3n) is 6.90. The van der Waals surface area contributed by atoms with E-state index < -0.39 is 24.3 Å². The Labute approximate surface area is 204 Å². The molecule has 0 spiro atoms. The second-order valence-electron chi connectivity index (χ2n) is 9.92. The molecule has 1 aliphatic carbocycles. The van der Waals surface area contributed by atoms with Gasteiger partial charge in [-0.05, 0) is 57.3 Å². The van der Waals surface area contributed by atoms with Crippen LogP contribution >= 0.6 is 0 Å². The molecular weight excluding hydrogens is 428 g/mol. The van der Waals surface area contributed by atoms with Crippen LogP contribution in [0.1, 0.15) is 77.0 Å². The van der Waals surface area contributed by atoms with Crippen molar-refractivity contribution < 1.29 is 24.5 Å². The van der Waals surface area contributed by atoms with Gasteiger partial charge in [-0.15, -0.1) is 0 Å². The Morgan fingerprint density at radius 2 is 1.79 bits per heavy atom. The predicted molar refractivity (Wildman–Crippen MR) is 135 cm³/mol. The van der Waals surface area contributed by atoms with Gasteiger partial charge in [0.25, 0.3) is 0 Å². The van der Waals surface area contributed by atoms with Crippen molar-refractivity contribution in [2.75, 3.05) is 0 Å². The largest absolute Gasteiger partial charge is 0.456 e. The Kier molecular flexibility index (Phi) is 11.3. The highest BCUT2D eigenvalue weighted by atomic mass is 16.6. The molecular formula is C29H42O5. The summed E-state index contributed by atoms with van der Waals surface area (Å²) in [5, 5.41) is 21.2. The summed E-state index contributed by atoms with van der Waals surface area (Å²) < 4.78 is 11.8. The predicted octanol–water partition coefficient (Wildman–Crippen LogP) is 5.49. The Balaban J connectivity index is 1.66. The maximum absolute atomic E-state index is 12.5. The van der Waals surface area contributed by atoms with Gasteiger partial charge in [-0.2, -0.15) is 0 Å². The van der Waals surface area contributed by atoms with E-state index in [2.05, 4.69) is 18.7 Å². The molecule has 3 rings (SSSR count). The zero-order chi connectivity index (χ0) is 24.2. The van der Waals surface area contributed by atoms with Gasteiger partial charge in [0.1, 0.15) is 12.2 Å². The first-order valence-electron chi connectivity index (χ1n) is 13.1. The molecule has 188 valence electrons. The molecule has 2 bridgehead atoms. The van der Waals surface area contributed by atoms with E-state index in [0.717, 1.165) is 44.1 Å². The minimum atomic E-state index is -0.896. The van der Waals surface area contributed by atoms with E-state index in [1.54, 1.807) is 24.3 Å². The van der Waals surface area contributed by atoms with Gasteiger partial charge in [0.2, 0.25) is 0 Å². The topological polar surface area (TPSA) is 76.0 Å². The first kappa shape index (κ1) is 26.7. The average molecular weight is 471 g/mol. The van der Waals surface area contributed by atoms with Crippen LogP contribution in [0.5, 0.6) is 0 Å². The van der Waals surface area contributed by atoms with E-state index in [9.17, 15) is 15.0 Å². The summed E-state index contributed by atoms with van der Waals surface area (Å²) in [5.41, 5.74) is 1.02. The molecule has 0 aromatic carbocycles. The van der Waals surface area contributed by atoms with Crippen molar-refractivity contribution in [3.05, 3.63) is 60.8 Å². The Hall–Kier alpha value is -1.95. The fraction of sp³-hybridized carbons (Fsp3) is 0.621.